The Hall–Kier alpha value is -0.290. The van der Waals surface area contributed by atoms with Crippen molar-refractivity contribution in [3.8, 4) is 0 Å². The van der Waals surface area contributed by atoms with Crippen molar-refractivity contribution in [2.45, 2.75) is 58.0 Å². The highest BCUT2D eigenvalue weighted by Gasteiger charge is 2.43. The molecule has 86 valence electrons. The maximum atomic E-state index is 12.4. The first-order valence-electron chi connectivity index (χ1n) is 4.76. The van der Waals surface area contributed by atoms with Crippen molar-refractivity contribution in [1.29, 1.82) is 0 Å². The maximum absolute atomic E-state index is 12.4. The summed E-state index contributed by atoms with van der Waals surface area (Å²) in [6.07, 6.45) is -5.23. The standard InChI is InChI=1S/C9H18F3NO/c1-4-5-6(2)14-8(7(3)13)9(10,11)12/h6-8H,4-5,13H2,1-3H3. The first-order chi connectivity index (χ1) is 6.29. The van der Waals surface area contributed by atoms with Gasteiger partial charge in [0.25, 0.3) is 0 Å². The Bertz CT molecular complexity index is 159. The summed E-state index contributed by atoms with van der Waals surface area (Å²) in [5.41, 5.74) is 5.22. The fraction of sp³-hybridized carbons (Fsp3) is 1.00. The molecule has 0 amide bonds. The van der Waals surface area contributed by atoms with E-state index in [2.05, 4.69) is 0 Å². The molecule has 3 atom stereocenters. The van der Waals surface area contributed by atoms with Gasteiger partial charge in [-0.2, -0.15) is 13.2 Å². The van der Waals surface area contributed by atoms with E-state index in [1.54, 1.807) is 6.92 Å². The molecule has 0 saturated carbocycles. The molecular weight excluding hydrogens is 195 g/mol. The maximum Gasteiger partial charge on any atom is 0.416 e. The Labute approximate surface area is 82.6 Å². The van der Waals surface area contributed by atoms with E-state index in [0.717, 1.165) is 6.42 Å². The van der Waals surface area contributed by atoms with Crippen LogP contribution in [0.2, 0.25) is 0 Å². The van der Waals surface area contributed by atoms with E-state index in [9.17, 15) is 13.2 Å². The number of halogens is 3. The Kier molecular flexibility index (Phi) is 5.44. The van der Waals surface area contributed by atoms with Crippen LogP contribution < -0.4 is 5.73 Å². The van der Waals surface area contributed by atoms with Crippen molar-refractivity contribution in [3.05, 3.63) is 0 Å². The lowest BCUT2D eigenvalue weighted by Gasteiger charge is -2.27. The predicted octanol–water partition coefficient (Wildman–Crippen LogP) is 2.47. The zero-order chi connectivity index (χ0) is 11.4. The van der Waals surface area contributed by atoms with Gasteiger partial charge in [0.1, 0.15) is 0 Å². The largest absolute Gasteiger partial charge is 0.416 e. The van der Waals surface area contributed by atoms with Gasteiger partial charge in [-0.15, -0.1) is 0 Å². The van der Waals surface area contributed by atoms with Gasteiger partial charge in [0.2, 0.25) is 0 Å². The quantitative estimate of drug-likeness (QED) is 0.761. The van der Waals surface area contributed by atoms with E-state index in [1.807, 2.05) is 6.92 Å². The molecule has 2 N–H and O–H groups in total. The molecule has 0 saturated heterocycles. The summed E-state index contributed by atoms with van der Waals surface area (Å²) in [6.45, 7) is 4.83. The van der Waals surface area contributed by atoms with Crippen molar-refractivity contribution < 1.29 is 17.9 Å². The molecule has 0 aliphatic rings. The normalized spacial score (nSPS) is 19.1. The second-order valence-electron chi connectivity index (χ2n) is 3.56. The SMILES string of the molecule is CCCC(C)OC(C(C)N)C(F)(F)F. The summed E-state index contributed by atoms with van der Waals surface area (Å²) in [5, 5.41) is 0. The molecule has 0 aromatic carbocycles. The van der Waals surface area contributed by atoms with Crippen LogP contribution in [0.4, 0.5) is 13.2 Å². The highest BCUT2D eigenvalue weighted by Crippen LogP contribution is 2.26. The summed E-state index contributed by atoms with van der Waals surface area (Å²) < 4.78 is 42.0. The van der Waals surface area contributed by atoms with Gasteiger partial charge in [-0.25, -0.2) is 0 Å². The molecule has 14 heavy (non-hydrogen) atoms. The Morgan fingerprint density at radius 2 is 1.79 bits per heavy atom. The van der Waals surface area contributed by atoms with Crippen LogP contribution in [0.5, 0.6) is 0 Å². The number of hydrogen-bond acceptors (Lipinski definition) is 2. The van der Waals surface area contributed by atoms with Crippen LogP contribution in [0.3, 0.4) is 0 Å². The van der Waals surface area contributed by atoms with Gasteiger partial charge in [0.15, 0.2) is 6.10 Å². The van der Waals surface area contributed by atoms with Gasteiger partial charge < -0.3 is 10.5 Å². The molecule has 0 rings (SSSR count). The second-order valence-corrected chi connectivity index (χ2v) is 3.56. The molecule has 0 aromatic rings. The van der Waals surface area contributed by atoms with E-state index in [-0.39, 0.29) is 0 Å². The van der Waals surface area contributed by atoms with Crippen molar-refractivity contribution in [2.24, 2.45) is 5.73 Å². The molecule has 2 nitrogen and oxygen atoms in total. The van der Waals surface area contributed by atoms with Crippen molar-refractivity contribution in [2.75, 3.05) is 0 Å². The molecule has 0 bridgehead atoms. The molecule has 0 fully saturated rings. The summed E-state index contributed by atoms with van der Waals surface area (Å²) in [5.74, 6) is 0. The average molecular weight is 213 g/mol. The smallest absolute Gasteiger partial charge is 0.364 e. The number of rotatable bonds is 5. The van der Waals surface area contributed by atoms with Crippen LogP contribution in [0.1, 0.15) is 33.6 Å². The molecule has 0 spiro atoms. The fourth-order valence-electron chi connectivity index (χ4n) is 1.22. The highest BCUT2D eigenvalue weighted by molar-refractivity contribution is 4.77. The topological polar surface area (TPSA) is 35.2 Å². The molecule has 0 aromatic heterocycles. The number of hydrogen-bond donors (Lipinski definition) is 1. The van der Waals surface area contributed by atoms with Crippen molar-refractivity contribution in [3.63, 3.8) is 0 Å². The molecule has 0 heterocycles. The van der Waals surface area contributed by atoms with E-state index in [1.165, 1.54) is 6.92 Å². The van der Waals surface area contributed by atoms with E-state index < -0.39 is 24.4 Å². The van der Waals surface area contributed by atoms with Gasteiger partial charge >= 0.3 is 6.18 Å². The molecular formula is C9H18F3NO. The van der Waals surface area contributed by atoms with Crippen LogP contribution in [0.25, 0.3) is 0 Å². The molecule has 0 aliphatic heterocycles. The van der Waals surface area contributed by atoms with Gasteiger partial charge in [0.05, 0.1) is 6.10 Å². The molecule has 0 aliphatic carbocycles. The summed E-state index contributed by atoms with van der Waals surface area (Å²) in [4.78, 5) is 0. The molecule has 5 heteroatoms. The third kappa shape index (κ3) is 4.81. The Morgan fingerprint density at radius 3 is 2.07 bits per heavy atom. The lowest BCUT2D eigenvalue weighted by Crippen LogP contribution is -2.46. The van der Waals surface area contributed by atoms with Crippen LogP contribution >= 0.6 is 0 Å². The van der Waals surface area contributed by atoms with Crippen molar-refractivity contribution in [1.82, 2.24) is 0 Å². The number of ether oxygens (including phenoxy) is 1. The monoisotopic (exact) mass is 213 g/mol. The van der Waals surface area contributed by atoms with Crippen LogP contribution in [0, 0.1) is 0 Å². The lowest BCUT2D eigenvalue weighted by atomic mass is 10.1. The fourth-order valence-corrected chi connectivity index (χ4v) is 1.22. The zero-order valence-corrected chi connectivity index (χ0v) is 8.77. The Morgan fingerprint density at radius 1 is 1.29 bits per heavy atom. The van der Waals surface area contributed by atoms with Gasteiger partial charge in [0, 0.05) is 6.04 Å². The average Bonchev–Trinajstić information content (AvgIpc) is 1.98. The number of alkyl halides is 3. The molecule has 0 radical (unpaired) electrons. The van der Waals surface area contributed by atoms with E-state index >= 15 is 0 Å². The first-order valence-corrected chi connectivity index (χ1v) is 4.76. The van der Waals surface area contributed by atoms with Gasteiger partial charge in [-0.3, -0.25) is 0 Å². The predicted molar refractivity (Wildman–Crippen MR) is 48.9 cm³/mol. The van der Waals surface area contributed by atoms with Crippen LogP contribution in [-0.4, -0.2) is 24.4 Å². The summed E-state index contributed by atoms with van der Waals surface area (Å²) in [6, 6.07) is -1.03. The lowest BCUT2D eigenvalue weighted by molar-refractivity contribution is -0.236. The zero-order valence-electron chi connectivity index (χ0n) is 8.77. The third-order valence-electron chi connectivity index (χ3n) is 1.87. The minimum absolute atomic E-state index is 0.405. The van der Waals surface area contributed by atoms with Crippen LogP contribution in [-0.2, 0) is 4.74 Å². The number of nitrogens with two attached hydrogens (primary N) is 1. The highest BCUT2D eigenvalue weighted by atomic mass is 19.4. The minimum Gasteiger partial charge on any atom is -0.364 e. The molecule has 3 unspecified atom stereocenters. The third-order valence-corrected chi connectivity index (χ3v) is 1.87. The van der Waals surface area contributed by atoms with E-state index in [4.69, 9.17) is 10.5 Å². The van der Waals surface area contributed by atoms with Gasteiger partial charge in [-0.1, -0.05) is 13.3 Å². The first kappa shape index (κ1) is 13.7. The Balaban J connectivity index is 4.24. The van der Waals surface area contributed by atoms with E-state index in [0.29, 0.717) is 6.42 Å². The van der Waals surface area contributed by atoms with Gasteiger partial charge in [-0.05, 0) is 20.3 Å². The van der Waals surface area contributed by atoms with Crippen LogP contribution in [0.15, 0.2) is 0 Å². The summed E-state index contributed by atoms with van der Waals surface area (Å²) >= 11 is 0. The minimum atomic E-state index is -4.38. The summed E-state index contributed by atoms with van der Waals surface area (Å²) in [7, 11) is 0. The second kappa shape index (κ2) is 5.56. The van der Waals surface area contributed by atoms with Crippen molar-refractivity contribution >= 4 is 0 Å².